The van der Waals surface area contributed by atoms with Gasteiger partial charge in [-0.2, -0.15) is 0 Å². The maximum Gasteiger partial charge on any atom is 0.383 e. The van der Waals surface area contributed by atoms with Crippen LogP contribution in [0.1, 0.15) is 13.8 Å². The van der Waals surface area contributed by atoms with Crippen LogP contribution in [-0.4, -0.2) is 18.1 Å². The fraction of sp³-hybridized carbons (Fsp3) is 0.308. The van der Waals surface area contributed by atoms with E-state index in [9.17, 15) is 14.9 Å². The Morgan fingerprint density at radius 2 is 1.85 bits per heavy atom. The fourth-order valence-corrected chi connectivity index (χ4v) is 1.82. The van der Waals surface area contributed by atoms with Crippen LogP contribution in [0.5, 0.6) is 11.5 Å². The van der Waals surface area contributed by atoms with Crippen LogP contribution < -0.4 is 15.1 Å². The van der Waals surface area contributed by atoms with Gasteiger partial charge in [0.2, 0.25) is 5.75 Å². The minimum Gasteiger partial charge on any atom is -0.489 e. The van der Waals surface area contributed by atoms with Gasteiger partial charge in [0.15, 0.2) is 5.75 Å². The number of hydrogen-bond donors (Lipinski definition) is 0. The molecule has 7 nitrogen and oxygen atoms in total. The molecule has 0 aliphatic carbocycles. The first-order valence-electron chi connectivity index (χ1n) is 6.09. The highest BCUT2D eigenvalue weighted by atomic mass is 16.6. The van der Waals surface area contributed by atoms with Gasteiger partial charge < -0.3 is 13.9 Å². The minimum atomic E-state index is -0.670. The Bertz CT molecular complexity index is 706. The Labute approximate surface area is 113 Å². The van der Waals surface area contributed by atoms with E-state index in [1.165, 1.54) is 18.2 Å². The number of hydrogen-bond acceptors (Lipinski definition) is 6. The molecule has 106 valence electrons. The number of rotatable bonds is 5. The van der Waals surface area contributed by atoms with Gasteiger partial charge in [-0.25, -0.2) is 4.79 Å². The van der Waals surface area contributed by atoms with Gasteiger partial charge in [-0.15, -0.1) is 0 Å². The van der Waals surface area contributed by atoms with E-state index in [2.05, 4.69) is 0 Å². The minimum absolute atomic E-state index is 0.0673. The zero-order chi connectivity index (χ0) is 14.7. The summed E-state index contributed by atoms with van der Waals surface area (Å²) in [5, 5.41) is 11.2. The Hall–Kier alpha value is -2.57. The van der Waals surface area contributed by atoms with Crippen LogP contribution in [0, 0.1) is 10.1 Å². The molecule has 0 saturated heterocycles. The van der Waals surface area contributed by atoms with E-state index in [1.807, 2.05) is 0 Å². The lowest BCUT2D eigenvalue weighted by Crippen LogP contribution is -2.10. The molecule has 2 rings (SSSR count). The monoisotopic (exact) mass is 279 g/mol. The number of fused-ring (bicyclic) bond motifs is 1. The Balaban J connectivity index is 2.78. The van der Waals surface area contributed by atoms with E-state index in [4.69, 9.17) is 13.9 Å². The molecule has 0 N–H and O–H groups in total. The van der Waals surface area contributed by atoms with Crippen molar-refractivity contribution in [3.63, 3.8) is 0 Å². The average Bonchev–Trinajstić information content (AvgIpc) is 2.42. The summed E-state index contributed by atoms with van der Waals surface area (Å²) < 4.78 is 15.7. The van der Waals surface area contributed by atoms with Crippen molar-refractivity contribution in [1.29, 1.82) is 0 Å². The van der Waals surface area contributed by atoms with E-state index in [-0.39, 0.29) is 29.4 Å². The predicted molar refractivity (Wildman–Crippen MR) is 71.5 cm³/mol. The van der Waals surface area contributed by atoms with Gasteiger partial charge in [0.05, 0.1) is 23.5 Å². The highest BCUT2D eigenvalue weighted by molar-refractivity contribution is 5.87. The molecule has 0 saturated carbocycles. The zero-order valence-electron chi connectivity index (χ0n) is 11.0. The molecule has 0 amide bonds. The number of nitro benzene ring substituents is 1. The van der Waals surface area contributed by atoms with Crippen LogP contribution in [0.4, 0.5) is 5.69 Å². The topological polar surface area (TPSA) is 91.8 Å². The lowest BCUT2D eigenvalue weighted by molar-refractivity contribution is -0.384. The Morgan fingerprint density at radius 1 is 1.20 bits per heavy atom. The molecular weight excluding hydrogens is 266 g/mol. The fourth-order valence-electron chi connectivity index (χ4n) is 1.82. The second-order valence-corrected chi connectivity index (χ2v) is 3.85. The third kappa shape index (κ3) is 2.42. The zero-order valence-corrected chi connectivity index (χ0v) is 11.0. The Kier molecular flexibility index (Phi) is 3.88. The molecule has 7 heteroatoms. The molecule has 0 radical (unpaired) electrons. The molecule has 0 fully saturated rings. The smallest absolute Gasteiger partial charge is 0.383 e. The largest absolute Gasteiger partial charge is 0.489 e. The molecule has 1 aromatic heterocycles. The van der Waals surface area contributed by atoms with Crippen molar-refractivity contribution in [3.05, 3.63) is 38.7 Å². The van der Waals surface area contributed by atoms with E-state index in [0.717, 1.165) is 0 Å². The predicted octanol–water partition coefficient (Wildman–Crippen LogP) is 2.50. The van der Waals surface area contributed by atoms with Crippen LogP contribution >= 0.6 is 0 Å². The lowest BCUT2D eigenvalue weighted by atomic mass is 10.2. The van der Waals surface area contributed by atoms with Gasteiger partial charge in [0.1, 0.15) is 5.58 Å². The molecular formula is C13H13NO6. The summed E-state index contributed by atoms with van der Waals surface area (Å²) in [6, 6.07) is 3.93. The van der Waals surface area contributed by atoms with E-state index >= 15 is 0 Å². The highest BCUT2D eigenvalue weighted by Crippen LogP contribution is 2.34. The lowest BCUT2D eigenvalue weighted by Gasteiger charge is -2.11. The van der Waals surface area contributed by atoms with Gasteiger partial charge in [-0.05, 0) is 19.9 Å². The van der Waals surface area contributed by atoms with Crippen LogP contribution in [0.3, 0.4) is 0 Å². The molecule has 0 atom stereocenters. The highest BCUT2D eigenvalue weighted by Gasteiger charge is 2.19. The number of benzene rings is 1. The summed E-state index contributed by atoms with van der Waals surface area (Å²) >= 11 is 0. The summed E-state index contributed by atoms with van der Waals surface area (Å²) in [5.41, 5.74) is -0.570. The third-order valence-electron chi connectivity index (χ3n) is 2.59. The van der Waals surface area contributed by atoms with Gasteiger partial charge in [-0.3, -0.25) is 10.1 Å². The molecule has 20 heavy (non-hydrogen) atoms. The normalized spacial score (nSPS) is 10.5. The Morgan fingerprint density at radius 3 is 2.45 bits per heavy atom. The van der Waals surface area contributed by atoms with Gasteiger partial charge in [0, 0.05) is 12.1 Å². The van der Waals surface area contributed by atoms with Gasteiger partial charge >= 0.3 is 5.63 Å². The molecule has 1 heterocycles. The standard InChI is InChI=1S/C13H13NO6/c1-3-18-11-9-7-8(14(16)17)5-6-10(9)20-13(15)12(11)19-4-2/h5-7H,3-4H2,1-2H3. The van der Waals surface area contributed by atoms with E-state index in [1.54, 1.807) is 13.8 Å². The summed E-state index contributed by atoms with van der Waals surface area (Å²) in [6.45, 7) is 4.01. The van der Waals surface area contributed by atoms with Crippen LogP contribution in [0.2, 0.25) is 0 Å². The number of nitrogens with zero attached hydrogens (tertiary/aromatic N) is 1. The SMILES string of the molecule is CCOc1c(OCC)c2cc([N+](=O)[O-])ccc2oc1=O. The first-order valence-corrected chi connectivity index (χ1v) is 6.09. The third-order valence-corrected chi connectivity index (χ3v) is 2.59. The summed E-state index contributed by atoms with van der Waals surface area (Å²) in [7, 11) is 0. The van der Waals surface area contributed by atoms with Crippen molar-refractivity contribution < 1.29 is 18.8 Å². The van der Waals surface area contributed by atoms with Gasteiger partial charge in [0.25, 0.3) is 5.69 Å². The molecule has 0 bridgehead atoms. The molecule has 2 aromatic rings. The number of ether oxygens (including phenoxy) is 2. The number of nitro groups is 1. The summed E-state index contributed by atoms with van der Waals surface area (Å²) in [5.74, 6) is 0.103. The van der Waals surface area contributed by atoms with Crippen molar-refractivity contribution in [2.45, 2.75) is 13.8 Å². The van der Waals surface area contributed by atoms with Crippen LogP contribution in [0.25, 0.3) is 11.0 Å². The van der Waals surface area contributed by atoms with Crippen molar-refractivity contribution in [2.24, 2.45) is 0 Å². The second-order valence-electron chi connectivity index (χ2n) is 3.85. The quantitative estimate of drug-likeness (QED) is 0.474. The van der Waals surface area contributed by atoms with Crippen molar-refractivity contribution >= 4 is 16.7 Å². The first-order chi connectivity index (χ1) is 9.58. The maximum absolute atomic E-state index is 11.8. The average molecular weight is 279 g/mol. The van der Waals surface area contributed by atoms with E-state index in [0.29, 0.717) is 12.0 Å². The molecule has 0 aliphatic rings. The van der Waals surface area contributed by atoms with Crippen molar-refractivity contribution in [3.8, 4) is 11.5 Å². The van der Waals surface area contributed by atoms with E-state index < -0.39 is 10.5 Å². The second kappa shape index (κ2) is 5.60. The van der Waals surface area contributed by atoms with Gasteiger partial charge in [-0.1, -0.05) is 0 Å². The summed E-state index contributed by atoms with van der Waals surface area (Å²) in [4.78, 5) is 22.1. The van der Waals surface area contributed by atoms with Crippen molar-refractivity contribution in [1.82, 2.24) is 0 Å². The molecule has 0 spiro atoms. The molecule has 1 aromatic carbocycles. The summed E-state index contributed by atoms with van der Waals surface area (Å²) in [6.07, 6.45) is 0. The van der Waals surface area contributed by atoms with Crippen LogP contribution in [-0.2, 0) is 0 Å². The number of non-ortho nitro benzene ring substituents is 1. The molecule has 0 aliphatic heterocycles. The maximum atomic E-state index is 11.8. The van der Waals surface area contributed by atoms with Crippen LogP contribution in [0.15, 0.2) is 27.4 Å². The molecule has 0 unspecified atom stereocenters. The first kappa shape index (κ1) is 13.9. The van der Waals surface area contributed by atoms with Crippen molar-refractivity contribution in [2.75, 3.05) is 13.2 Å².